The Hall–Kier alpha value is -0.120. The largest absolute Gasteiger partial charge is 0.389 e. The van der Waals surface area contributed by atoms with Gasteiger partial charge in [-0.15, -0.1) is 0 Å². The number of hydrogen-bond donors (Lipinski definition) is 2. The molecule has 1 heterocycles. The number of ether oxygens (including phenoxy) is 1. The van der Waals surface area contributed by atoms with E-state index in [2.05, 4.69) is 5.32 Å². The van der Waals surface area contributed by atoms with Crippen LogP contribution in [0.2, 0.25) is 0 Å². The second-order valence-electron chi connectivity index (χ2n) is 1.93. The quantitative estimate of drug-likeness (QED) is 0.426. The van der Waals surface area contributed by atoms with Crippen molar-refractivity contribution in [2.24, 2.45) is 0 Å². The predicted octanol–water partition coefficient (Wildman–Crippen LogP) is -1.03. The van der Waals surface area contributed by atoms with E-state index in [9.17, 15) is 0 Å². The fourth-order valence-electron chi connectivity index (χ4n) is 0.691. The van der Waals surface area contributed by atoms with Crippen LogP contribution in [0.25, 0.3) is 0 Å². The molecule has 0 aliphatic carbocycles. The first-order valence-corrected chi connectivity index (χ1v) is 2.86. The van der Waals surface area contributed by atoms with Crippen LogP contribution in [0.5, 0.6) is 0 Å². The van der Waals surface area contributed by atoms with Gasteiger partial charge in [0.2, 0.25) is 0 Å². The Morgan fingerprint density at radius 1 is 1.62 bits per heavy atom. The highest BCUT2D eigenvalue weighted by Gasteiger charge is 2.05. The van der Waals surface area contributed by atoms with Crippen LogP contribution in [-0.4, -0.2) is 37.5 Å². The molecule has 1 saturated heterocycles. The van der Waals surface area contributed by atoms with Gasteiger partial charge >= 0.3 is 0 Å². The third-order valence-corrected chi connectivity index (χ3v) is 1.11. The lowest BCUT2D eigenvalue weighted by Gasteiger charge is -2.02. The Bertz CT molecular complexity index is 59.4. The summed E-state index contributed by atoms with van der Waals surface area (Å²) >= 11 is 0. The Morgan fingerprint density at radius 2 is 2.50 bits per heavy atom. The molecule has 1 fully saturated rings. The normalized spacial score (nSPS) is 31.9. The van der Waals surface area contributed by atoms with Crippen molar-refractivity contribution < 1.29 is 9.84 Å². The highest BCUT2D eigenvalue weighted by molar-refractivity contribution is 4.61. The lowest BCUT2D eigenvalue weighted by atomic mass is 10.4. The van der Waals surface area contributed by atoms with Gasteiger partial charge in [-0.1, -0.05) is 0 Å². The molecule has 3 heteroatoms. The topological polar surface area (TPSA) is 41.5 Å². The number of β-amino-alcohol motifs (C(OH)–C–C–N with tert-alkyl or cyclic N) is 1. The molecule has 48 valence electrons. The van der Waals surface area contributed by atoms with Gasteiger partial charge in [0.1, 0.15) is 0 Å². The van der Waals surface area contributed by atoms with Crippen LogP contribution in [0.3, 0.4) is 0 Å². The van der Waals surface area contributed by atoms with Gasteiger partial charge in [0.15, 0.2) is 0 Å². The Balaban J connectivity index is 2.17. The van der Waals surface area contributed by atoms with E-state index in [0.717, 1.165) is 13.2 Å². The van der Waals surface area contributed by atoms with Crippen molar-refractivity contribution in [3.63, 3.8) is 0 Å². The maximum absolute atomic E-state index is 8.90. The Kier molecular flexibility index (Phi) is 2.27. The maximum atomic E-state index is 8.90. The molecule has 0 unspecified atom stereocenters. The van der Waals surface area contributed by atoms with E-state index < -0.39 is 0 Å². The first kappa shape index (κ1) is 6.01. The minimum atomic E-state index is -0.308. The smallest absolute Gasteiger partial charge is 0.0897 e. The summed E-state index contributed by atoms with van der Waals surface area (Å²) in [5, 5.41) is 11.9. The summed E-state index contributed by atoms with van der Waals surface area (Å²) in [7, 11) is 0. The summed E-state index contributed by atoms with van der Waals surface area (Å²) in [6, 6.07) is 0. The van der Waals surface area contributed by atoms with Crippen LogP contribution >= 0.6 is 0 Å². The molecule has 1 atom stereocenters. The second-order valence-corrected chi connectivity index (χ2v) is 1.93. The molecule has 0 amide bonds. The lowest BCUT2D eigenvalue weighted by Crippen LogP contribution is -2.26. The predicted molar refractivity (Wildman–Crippen MR) is 29.7 cm³/mol. The monoisotopic (exact) mass is 117 g/mol. The zero-order chi connectivity index (χ0) is 5.82. The summed E-state index contributed by atoms with van der Waals surface area (Å²) in [4.78, 5) is 0. The van der Waals surface area contributed by atoms with Crippen LogP contribution in [0.15, 0.2) is 0 Å². The van der Waals surface area contributed by atoms with E-state index >= 15 is 0 Å². The van der Waals surface area contributed by atoms with Crippen molar-refractivity contribution in [2.75, 3.05) is 26.3 Å². The first-order valence-electron chi connectivity index (χ1n) is 2.86. The van der Waals surface area contributed by atoms with Crippen molar-refractivity contribution in [3.8, 4) is 0 Å². The minimum Gasteiger partial charge on any atom is -0.389 e. The molecular formula is C5H11NO2. The van der Waals surface area contributed by atoms with Crippen molar-refractivity contribution in [2.45, 2.75) is 6.10 Å². The summed E-state index contributed by atoms with van der Waals surface area (Å²) in [5.74, 6) is 0. The van der Waals surface area contributed by atoms with E-state index in [-0.39, 0.29) is 6.10 Å². The van der Waals surface area contributed by atoms with Crippen LogP contribution in [0.4, 0.5) is 0 Å². The first-order chi connectivity index (χ1) is 3.89. The van der Waals surface area contributed by atoms with Gasteiger partial charge < -0.3 is 15.2 Å². The molecule has 0 saturated carbocycles. The molecule has 0 radical (unpaired) electrons. The lowest BCUT2D eigenvalue weighted by molar-refractivity contribution is 0.0594. The van der Waals surface area contributed by atoms with Gasteiger partial charge in [0, 0.05) is 13.1 Å². The van der Waals surface area contributed by atoms with Crippen molar-refractivity contribution in [1.29, 1.82) is 0 Å². The van der Waals surface area contributed by atoms with Crippen molar-refractivity contribution in [3.05, 3.63) is 0 Å². The van der Waals surface area contributed by atoms with E-state index in [4.69, 9.17) is 9.84 Å². The average molecular weight is 117 g/mol. The summed E-state index contributed by atoms with van der Waals surface area (Å²) < 4.78 is 4.99. The molecule has 0 aromatic heterocycles. The van der Waals surface area contributed by atoms with Crippen LogP contribution < -0.4 is 5.32 Å². The van der Waals surface area contributed by atoms with Gasteiger partial charge in [-0.25, -0.2) is 0 Å². The SMILES string of the molecule is O[C@@H]1CNCCOC1. The third kappa shape index (κ3) is 1.78. The minimum absolute atomic E-state index is 0.308. The summed E-state index contributed by atoms with van der Waals surface area (Å²) in [5.41, 5.74) is 0. The molecule has 1 rings (SSSR count). The molecule has 0 aromatic carbocycles. The zero-order valence-electron chi connectivity index (χ0n) is 4.76. The zero-order valence-corrected chi connectivity index (χ0v) is 4.76. The Labute approximate surface area is 48.7 Å². The fourth-order valence-corrected chi connectivity index (χ4v) is 0.691. The highest BCUT2D eigenvalue weighted by Crippen LogP contribution is 1.86. The number of hydrogen-bond acceptors (Lipinski definition) is 3. The van der Waals surface area contributed by atoms with Gasteiger partial charge in [-0.3, -0.25) is 0 Å². The molecule has 0 aromatic rings. The third-order valence-electron chi connectivity index (χ3n) is 1.11. The van der Waals surface area contributed by atoms with Gasteiger partial charge in [0.25, 0.3) is 0 Å². The molecule has 3 nitrogen and oxygen atoms in total. The van der Waals surface area contributed by atoms with Gasteiger partial charge in [-0.2, -0.15) is 0 Å². The molecule has 1 aliphatic heterocycles. The van der Waals surface area contributed by atoms with E-state index in [1.165, 1.54) is 0 Å². The second kappa shape index (κ2) is 3.02. The summed E-state index contributed by atoms with van der Waals surface area (Å²) in [6.07, 6.45) is -0.308. The summed E-state index contributed by atoms with van der Waals surface area (Å²) in [6.45, 7) is 2.72. The standard InChI is InChI=1S/C5H11NO2/c7-5-3-6-1-2-8-4-5/h5-7H,1-4H2/t5-/m1/s1. The molecule has 0 spiro atoms. The van der Waals surface area contributed by atoms with Gasteiger partial charge in [0.05, 0.1) is 19.3 Å². The number of aliphatic hydroxyl groups is 1. The van der Waals surface area contributed by atoms with Crippen molar-refractivity contribution >= 4 is 0 Å². The molecule has 1 aliphatic rings. The van der Waals surface area contributed by atoms with Crippen LogP contribution in [0.1, 0.15) is 0 Å². The molecular weight excluding hydrogens is 106 g/mol. The number of nitrogens with one attached hydrogen (secondary N) is 1. The molecule has 8 heavy (non-hydrogen) atoms. The van der Waals surface area contributed by atoms with Gasteiger partial charge in [-0.05, 0) is 0 Å². The molecule has 2 N–H and O–H groups in total. The van der Waals surface area contributed by atoms with Crippen LogP contribution in [-0.2, 0) is 4.74 Å². The highest BCUT2D eigenvalue weighted by atomic mass is 16.5. The number of rotatable bonds is 0. The average Bonchev–Trinajstić information content (AvgIpc) is 1.94. The molecule has 0 bridgehead atoms. The van der Waals surface area contributed by atoms with E-state index in [1.807, 2.05) is 0 Å². The number of aliphatic hydroxyl groups excluding tert-OH is 1. The fraction of sp³-hybridized carbons (Fsp3) is 1.00. The van der Waals surface area contributed by atoms with E-state index in [0.29, 0.717) is 13.2 Å². The maximum Gasteiger partial charge on any atom is 0.0897 e. The Morgan fingerprint density at radius 3 is 3.38 bits per heavy atom. The van der Waals surface area contributed by atoms with Crippen molar-refractivity contribution in [1.82, 2.24) is 5.32 Å². The van der Waals surface area contributed by atoms with Crippen LogP contribution in [0, 0.1) is 0 Å². The van der Waals surface area contributed by atoms with E-state index in [1.54, 1.807) is 0 Å².